The maximum absolute atomic E-state index is 12.7. The first kappa shape index (κ1) is 16.2. The van der Waals surface area contributed by atoms with Gasteiger partial charge in [-0.3, -0.25) is 9.59 Å². The largest absolute Gasteiger partial charge is 0.341 e. The van der Waals surface area contributed by atoms with Crippen LogP contribution in [0.1, 0.15) is 28.1 Å². The van der Waals surface area contributed by atoms with Gasteiger partial charge in [-0.15, -0.1) is 11.3 Å². The summed E-state index contributed by atoms with van der Waals surface area (Å²) in [6.45, 7) is 1.91. The van der Waals surface area contributed by atoms with Gasteiger partial charge in [-0.05, 0) is 46.7 Å². The van der Waals surface area contributed by atoms with Gasteiger partial charge in [-0.2, -0.15) is 11.3 Å². The number of piperidine rings is 1. The van der Waals surface area contributed by atoms with Crippen LogP contribution in [0.2, 0.25) is 0 Å². The molecule has 1 aliphatic heterocycles. The molecule has 0 radical (unpaired) electrons. The number of hydrogen-bond donors (Lipinski definition) is 0. The first-order chi connectivity index (χ1) is 11.1. The molecule has 1 aliphatic rings. The summed E-state index contributed by atoms with van der Waals surface area (Å²) in [4.78, 5) is 29.5. The lowest BCUT2D eigenvalue weighted by Crippen LogP contribution is -2.45. The third-order valence-electron chi connectivity index (χ3n) is 4.17. The van der Waals surface area contributed by atoms with Crippen molar-refractivity contribution < 1.29 is 9.59 Å². The lowest BCUT2D eigenvalue weighted by molar-refractivity contribution is -0.136. The molecule has 1 unspecified atom stereocenters. The summed E-state index contributed by atoms with van der Waals surface area (Å²) >= 11 is 3.10. The number of likely N-dealkylation sites (tertiary alicyclic amines) is 1. The highest BCUT2D eigenvalue weighted by molar-refractivity contribution is 7.12. The molecule has 0 N–H and O–H groups in total. The molecule has 1 atom stereocenters. The molecule has 0 bridgehead atoms. The van der Waals surface area contributed by atoms with Crippen molar-refractivity contribution >= 4 is 34.5 Å². The Morgan fingerprint density at radius 1 is 1.35 bits per heavy atom. The summed E-state index contributed by atoms with van der Waals surface area (Å²) in [5, 5.41) is 6.00. The van der Waals surface area contributed by atoms with Gasteiger partial charge in [-0.25, -0.2) is 0 Å². The number of rotatable bonds is 4. The van der Waals surface area contributed by atoms with E-state index in [1.807, 2.05) is 40.9 Å². The number of thiophene rings is 2. The molecule has 3 rings (SSSR count). The van der Waals surface area contributed by atoms with E-state index in [1.165, 1.54) is 11.3 Å². The molecule has 3 heterocycles. The van der Waals surface area contributed by atoms with Gasteiger partial charge in [-0.1, -0.05) is 6.07 Å². The monoisotopic (exact) mass is 348 g/mol. The maximum Gasteiger partial charge on any atom is 0.263 e. The van der Waals surface area contributed by atoms with Crippen LogP contribution in [0, 0.1) is 5.92 Å². The minimum absolute atomic E-state index is 0.0537. The van der Waals surface area contributed by atoms with E-state index in [9.17, 15) is 9.59 Å². The third-order valence-corrected chi connectivity index (χ3v) is 5.76. The zero-order valence-corrected chi connectivity index (χ0v) is 14.7. The standard InChI is InChI=1S/C17H20N2O2S2/c1-18(10-13-6-9-22-12-13)16(20)14-4-2-7-19(11-14)17(21)15-5-3-8-23-15/h3,5-6,8-9,12,14H,2,4,7,10-11H2,1H3. The zero-order chi connectivity index (χ0) is 16.2. The molecule has 0 saturated carbocycles. The van der Waals surface area contributed by atoms with E-state index in [2.05, 4.69) is 5.38 Å². The molecular weight excluding hydrogens is 328 g/mol. The van der Waals surface area contributed by atoms with Gasteiger partial charge in [0, 0.05) is 26.7 Å². The van der Waals surface area contributed by atoms with Gasteiger partial charge in [0.2, 0.25) is 5.91 Å². The number of hydrogen-bond acceptors (Lipinski definition) is 4. The highest BCUT2D eigenvalue weighted by Gasteiger charge is 2.30. The van der Waals surface area contributed by atoms with Crippen molar-refractivity contribution in [1.82, 2.24) is 9.80 Å². The van der Waals surface area contributed by atoms with E-state index < -0.39 is 0 Å². The van der Waals surface area contributed by atoms with Crippen LogP contribution in [0.3, 0.4) is 0 Å². The molecule has 4 nitrogen and oxygen atoms in total. The van der Waals surface area contributed by atoms with Crippen molar-refractivity contribution in [1.29, 1.82) is 0 Å². The van der Waals surface area contributed by atoms with Crippen molar-refractivity contribution in [2.75, 3.05) is 20.1 Å². The second kappa shape index (κ2) is 7.27. The molecule has 2 amide bonds. The van der Waals surface area contributed by atoms with Crippen molar-refractivity contribution in [3.63, 3.8) is 0 Å². The maximum atomic E-state index is 12.7. The van der Waals surface area contributed by atoms with Crippen molar-refractivity contribution in [2.45, 2.75) is 19.4 Å². The highest BCUT2D eigenvalue weighted by Crippen LogP contribution is 2.22. The van der Waals surface area contributed by atoms with Crippen LogP contribution in [0.15, 0.2) is 34.3 Å². The van der Waals surface area contributed by atoms with Crippen LogP contribution < -0.4 is 0 Å². The van der Waals surface area contributed by atoms with E-state index in [4.69, 9.17) is 0 Å². The summed E-state index contributed by atoms with van der Waals surface area (Å²) < 4.78 is 0. The van der Waals surface area contributed by atoms with Gasteiger partial charge >= 0.3 is 0 Å². The highest BCUT2D eigenvalue weighted by atomic mass is 32.1. The Morgan fingerprint density at radius 2 is 2.22 bits per heavy atom. The molecule has 122 valence electrons. The Hall–Kier alpha value is -1.66. The average Bonchev–Trinajstić information content (AvgIpc) is 3.27. The van der Waals surface area contributed by atoms with E-state index in [0.29, 0.717) is 13.1 Å². The van der Waals surface area contributed by atoms with Crippen LogP contribution in [0.5, 0.6) is 0 Å². The molecule has 2 aromatic rings. The van der Waals surface area contributed by atoms with Crippen LogP contribution >= 0.6 is 22.7 Å². The Labute approximate surface area is 144 Å². The molecular formula is C17H20N2O2S2. The van der Waals surface area contributed by atoms with Gasteiger partial charge in [0.15, 0.2) is 0 Å². The molecule has 23 heavy (non-hydrogen) atoms. The SMILES string of the molecule is CN(Cc1ccsc1)C(=O)C1CCCN(C(=O)c2cccs2)C1. The predicted molar refractivity (Wildman–Crippen MR) is 93.7 cm³/mol. The van der Waals surface area contributed by atoms with Gasteiger partial charge in [0.1, 0.15) is 0 Å². The molecule has 0 spiro atoms. The Kier molecular flexibility index (Phi) is 5.13. The summed E-state index contributed by atoms with van der Waals surface area (Å²) in [6.07, 6.45) is 1.75. The van der Waals surface area contributed by atoms with Crippen molar-refractivity contribution in [3.8, 4) is 0 Å². The number of nitrogens with zero attached hydrogens (tertiary/aromatic N) is 2. The fourth-order valence-electron chi connectivity index (χ4n) is 2.97. The number of carbonyl (C=O) groups excluding carboxylic acids is 2. The van der Waals surface area contributed by atoms with Gasteiger partial charge in [0.05, 0.1) is 10.8 Å². The zero-order valence-electron chi connectivity index (χ0n) is 13.1. The summed E-state index contributed by atoms with van der Waals surface area (Å²) in [5.74, 6) is 0.106. The minimum Gasteiger partial charge on any atom is -0.341 e. The van der Waals surface area contributed by atoms with E-state index in [0.717, 1.165) is 29.8 Å². The van der Waals surface area contributed by atoms with Crippen LogP contribution in [-0.4, -0.2) is 41.8 Å². The normalized spacial score (nSPS) is 18.0. The third kappa shape index (κ3) is 3.82. The summed E-state index contributed by atoms with van der Waals surface area (Å²) in [6, 6.07) is 5.78. The lowest BCUT2D eigenvalue weighted by Gasteiger charge is -2.33. The average molecular weight is 348 g/mol. The van der Waals surface area contributed by atoms with Crippen LogP contribution in [0.4, 0.5) is 0 Å². The molecule has 0 aliphatic carbocycles. The summed E-state index contributed by atoms with van der Waals surface area (Å²) in [5.41, 5.74) is 1.16. The lowest BCUT2D eigenvalue weighted by atomic mass is 9.96. The smallest absolute Gasteiger partial charge is 0.263 e. The van der Waals surface area contributed by atoms with Crippen LogP contribution in [-0.2, 0) is 11.3 Å². The Balaban J connectivity index is 1.61. The molecule has 6 heteroatoms. The second-order valence-electron chi connectivity index (χ2n) is 5.89. The van der Waals surface area contributed by atoms with E-state index in [1.54, 1.807) is 16.2 Å². The van der Waals surface area contributed by atoms with Crippen LogP contribution in [0.25, 0.3) is 0 Å². The minimum atomic E-state index is -0.0868. The topological polar surface area (TPSA) is 40.6 Å². The predicted octanol–water partition coefficient (Wildman–Crippen LogP) is 3.32. The van der Waals surface area contributed by atoms with Crippen molar-refractivity contribution in [3.05, 3.63) is 44.8 Å². The number of carbonyl (C=O) groups is 2. The van der Waals surface area contributed by atoms with E-state index >= 15 is 0 Å². The molecule has 0 aromatic carbocycles. The fraction of sp³-hybridized carbons (Fsp3) is 0.412. The molecule has 2 aromatic heterocycles. The molecule has 1 fully saturated rings. The first-order valence-electron chi connectivity index (χ1n) is 7.74. The van der Waals surface area contributed by atoms with Crippen molar-refractivity contribution in [2.24, 2.45) is 5.92 Å². The molecule has 1 saturated heterocycles. The van der Waals surface area contributed by atoms with E-state index in [-0.39, 0.29) is 17.7 Å². The Morgan fingerprint density at radius 3 is 2.91 bits per heavy atom. The van der Waals surface area contributed by atoms with Gasteiger partial charge < -0.3 is 9.80 Å². The first-order valence-corrected chi connectivity index (χ1v) is 9.56. The van der Waals surface area contributed by atoms with Gasteiger partial charge in [0.25, 0.3) is 5.91 Å². The summed E-state index contributed by atoms with van der Waals surface area (Å²) in [7, 11) is 1.85. The fourth-order valence-corrected chi connectivity index (χ4v) is 4.32. The Bertz CT molecular complexity index is 652. The quantitative estimate of drug-likeness (QED) is 0.850. The second-order valence-corrected chi connectivity index (χ2v) is 7.62. The number of amides is 2.